The lowest BCUT2D eigenvalue weighted by atomic mass is 10.3. The Morgan fingerprint density at radius 1 is 1.39 bits per heavy atom. The maximum absolute atomic E-state index is 12.8. The van der Waals surface area contributed by atoms with Crippen molar-refractivity contribution in [1.82, 2.24) is 15.1 Å². The van der Waals surface area contributed by atoms with Crippen molar-refractivity contribution in [3.05, 3.63) is 48.0 Å². The fourth-order valence-electron chi connectivity index (χ4n) is 1.54. The van der Waals surface area contributed by atoms with Crippen molar-refractivity contribution in [2.45, 2.75) is 19.5 Å². The van der Waals surface area contributed by atoms with Gasteiger partial charge in [0.2, 0.25) is 0 Å². The molecule has 1 heterocycles. The SMILES string of the molecule is C[C@H](CO)NCc1cnn(-c2ccc(F)cc2)c1. The minimum Gasteiger partial charge on any atom is -0.395 e. The molecule has 2 N–H and O–H groups in total. The van der Waals surface area contributed by atoms with E-state index in [-0.39, 0.29) is 18.5 Å². The number of rotatable bonds is 5. The molecular weight excluding hydrogens is 233 g/mol. The average Bonchev–Trinajstić information content (AvgIpc) is 2.85. The van der Waals surface area contributed by atoms with Crippen molar-refractivity contribution in [3.63, 3.8) is 0 Å². The molecule has 18 heavy (non-hydrogen) atoms. The largest absolute Gasteiger partial charge is 0.395 e. The highest BCUT2D eigenvalue weighted by Crippen LogP contribution is 2.09. The lowest BCUT2D eigenvalue weighted by molar-refractivity contribution is 0.251. The molecule has 0 spiro atoms. The van der Waals surface area contributed by atoms with E-state index in [0.29, 0.717) is 6.54 Å². The van der Waals surface area contributed by atoms with Gasteiger partial charge in [-0.15, -0.1) is 0 Å². The molecule has 0 unspecified atom stereocenters. The zero-order chi connectivity index (χ0) is 13.0. The Hall–Kier alpha value is -1.72. The second kappa shape index (κ2) is 5.75. The lowest BCUT2D eigenvalue weighted by Gasteiger charge is -2.08. The van der Waals surface area contributed by atoms with E-state index in [1.165, 1.54) is 12.1 Å². The number of hydrogen-bond donors (Lipinski definition) is 2. The molecule has 0 bridgehead atoms. The predicted octanol–water partition coefficient (Wildman–Crippen LogP) is 1.48. The predicted molar refractivity (Wildman–Crippen MR) is 66.9 cm³/mol. The molecule has 0 amide bonds. The molecule has 4 nitrogen and oxygen atoms in total. The average molecular weight is 249 g/mol. The summed E-state index contributed by atoms with van der Waals surface area (Å²) in [6, 6.07) is 6.22. The molecule has 2 aromatic rings. The van der Waals surface area contributed by atoms with Crippen LogP contribution in [-0.4, -0.2) is 27.5 Å². The Morgan fingerprint density at radius 3 is 2.78 bits per heavy atom. The summed E-state index contributed by atoms with van der Waals surface area (Å²) in [5.74, 6) is -0.260. The van der Waals surface area contributed by atoms with Gasteiger partial charge in [0.1, 0.15) is 5.82 Å². The van der Waals surface area contributed by atoms with Crippen LogP contribution < -0.4 is 5.32 Å². The van der Waals surface area contributed by atoms with Crippen molar-refractivity contribution in [2.75, 3.05) is 6.61 Å². The molecule has 1 aromatic carbocycles. The van der Waals surface area contributed by atoms with Gasteiger partial charge in [0.25, 0.3) is 0 Å². The van der Waals surface area contributed by atoms with Crippen LogP contribution in [-0.2, 0) is 6.54 Å². The van der Waals surface area contributed by atoms with Crippen molar-refractivity contribution in [3.8, 4) is 5.69 Å². The van der Waals surface area contributed by atoms with Crippen molar-refractivity contribution in [1.29, 1.82) is 0 Å². The van der Waals surface area contributed by atoms with Gasteiger partial charge < -0.3 is 10.4 Å². The fraction of sp³-hybridized carbons (Fsp3) is 0.308. The summed E-state index contributed by atoms with van der Waals surface area (Å²) in [6.45, 7) is 2.65. The summed E-state index contributed by atoms with van der Waals surface area (Å²) in [6.07, 6.45) is 3.63. The number of hydrogen-bond acceptors (Lipinski definition) is 3. The first-order valence-electron chi connectivity index (χ1n) is 5.83. The number of halogens is 1. The number of aliphatic hydroxyl groups excluding tert-OH is 1. The minimum absolute atomic E-state index is 0.0548. The fourth-order valence-corrected chi connectivity index (χ4v) is 1.54. The van der Waals surface area contributed by atoms with E-state index < -0.39 is 0 Å². The highest BCUT2D eigenvalue weighted by Gasteiger charge is 2.03. The van der Waals surface area contributed by atoms with E-state index in [4.69, 9.17) is 5.11 Å². The smallest absolute Gasteiger partial charge is 0.123 e. The second-order valence-corrected chi connectivity index (χ2v) is 4.23. The topological polar surface area (TPSA) is 50.1 Å². The quantitative estimate of drug-likeness (QED) is 0.844. The summed E-state index contributed by atoms with van der Waals surface area (Å²) in [5.41, 5.74) is 1.83. The van der Waals surface area contributed by atoms with Gasteiger partial charge in [0, 0.05) is 24.3 Å². The molecule has 0 aliphatic rings. The number of nitrogens with one attached hydrogen (secondary N) is 1. The second-order valence-electron chi connectivity index (χ2n) is 4.23. The van der Waals surface area contributed by atoms with Crippen LogP contribution in [0.5, 0.6) is 0 Å². The van der Waals surface area contributed by atoms with Crippen molar-refractivity contribution >= 4 is 0 Å². The standard InChI is InChI=1S/C13H16FN3O/c1-10(9-18)15-6-11-7-16-17(8-11)13-4-2-12(14)3-5-13/h2-5,7-8,10,15,18H,6,9H2,1H3/t10-/m1/s1. The van der Waals surface area contributed by atoms with Crippen LogP contribution in [0, 0.1) is 5.82 Å². The van der Waals surface area contributed by atoms with E-state index >= 15 is 0 Å². The van der Waals surface area contributed by atoms with Crippen LogP contribution in [0.15, 0.2) is 36.7 Å². The molecular formula is C13H16FN3O. The Bertz CT molecular complexity index is 495. The first kappa shape index (κ1) is 12.7. The summed E-state index contributed by atoms with van der Waals surface area (Å²) < 4.78 is 14.5. The van der Waals surface area contributed by atoms with Gasteiger partial charge in [0.15, 0.2) is 0 Å². The van der Waals surface area contributed by atoms with E-state index in [1.807, 2.05) is 13.1 Å². The molecule has 5 heteroatoms. The van der Waals surface area contributed by atoms with Crippen molar-refractivity contribution < 1.29 is 9.50 Å². The first-order chi connectivity index (χ1) is 8.69. The van der Waals surface area contributed by atoms with E-state index in [2.05, 4.69) is 10.4 Å². The van der Waals surface area contributed by atoms with Crippen LogP contribution in [0.1, 0.15) is 12.5 Å². The van der Waals surface area contributed by atoms with Crippen LogP contribution in [0.3, 0.4) is 0 Å². The Kier molecular flexibility index (Phi) is 4.07. The maximum Gasteiger partial charge on any atom is 0.123 e. The van der Waals surface area contributed by atoms with Gasteiger partial charge in [-0.25, -0.2) is 9.07 Å². The van der Waals surface area contributed by atoms with E-state index in [1.54, 1.807) is 23.0 Å². The maximum atomic E-state index is 12.8. The normalized spacial score (nSPS) is 12.6. The lowest BCUT2D eigenvalue weighted by Crippen LogP contribution is -2.28. The molecule has 2 rings (SSSR count). The molecule has 1 atom stereocenters. The van der Waals surface area contributed by atoms with Crippen molar-refractivity contribution in [2.24, 2.45) is 0 Å². The van der Waals surface area contributed by atoms with Gasteiger partial charge in [-0.05, 0) is 31.2 Å². The molecule has 0 fully saturated rings. The Labute approximate surface area is 105 Å². The van der Waals surface area contributed by atoms with Crippen LogP contribution in [0.25, 0.3) is 5.69 Å². The number of aromatic nitrogens is 2. The molecule has 1 aromatic heterocycles. The van der Waals surface area contributed by atoms with Gasteiger partial charge in [0.05, 0.1) is 18.5 Å². The summed E-state index contributed by atoms with van der Waals surface area (Å²) in [4.78, 5) is 0. The third-order valence-electron chi connectivity index (χ3n) is 2.66. The summed E-state index contributed by atoms with van der Waals surface area (Å²) >= 11 is 0. The molecule has 0 saturated carbocycles. The van der Waals surface area contributed by atoms with Gasteiger partial charge in [-0.3, -0.25) is 0 Å². The van der Waals surface area contributed by atoms with E-state index in [9.17, 15) is 4.39 Å². The minimum atomic E-state index is -0.260. The summed E-state index contributed by atoms with van der Waals surface area (Å²) in [7, 11) is 0. The van der Waals surface area contributed by atoms with E-state index in [0.717, 1.165) is 11.3 Å². The van der Waals surface area contributed by atoms with Gasteiger partial charge >= 0.3 is 0 Å². The highest BCUT2D eigenvalue weighted by atomic mass is 19.1. The molecule has 0 aliphatic heterocycles. The number of aliphatic hydroxyl groups is 1. The molecule has 96 valence electrons. The third kappa shape index (κ3) is 3.15. The van der Waals surface area contributed by atoms with Crippen LogP contribution in [0.4, 0.5) is 4.39 Å². The highest BCUT2D eigenvalue weighted by molar-refractivity contribution is 5.31. The van der Waals surface area contributed by atoms with Crippen LogP contribution in [0.2, 0.25) is 0 Å². The Balaban J connectivity index is 2.03. The van der Waals surface area contributed by atoms with Gasteiger partial charge in [-0.2, -0.15) is 5.10 Å². The number of benzene rings is 1. The monoisotopic (exact) mass is 249 g/mol. The van der Waals surface area contributed by atoms with Crippen LogP contribution >= 0.6 is 0 Å². The molecule has 0 aliphatic carbocycles. The molecule has 0 radical (unpaired) electrons. The zero-order valence-electron chi connectivity index (χ0n) is 10.2. The molecule has 0 saturated heterocycles. The summed E-state index contributed by atoms with van der Waals surface area (Å²) in [5, 5.41) is 16.3. The van der Waals surface area contributed by atoms with Gasteiger partial charge in [-0.1, -0.05) is 0 Å². The first-order valence-corrected chi connectivity index (χ1v) is 5.83. The third-order valence-corrected chi connectivity index (χ3v) is 2.66. The Morgan fingerprint density at radius 2 is 2.11 bits per heavy atom. The zero-order valence-corrected chi connectivity index (χ0v) is 10.2. The number of nitrogens with zero attached hydrogens (tertiary/aromatic N) is 2.